The highest BCUT2D eigenvalue weighted by atomic mass is 16.6. The number of esters is 1. The van der Waals surface area contributed by atoms with Crippen LogP contribution in [0.25, 0.3) is 0 Å². The van der Waals surface area contributed by atoms with Crippen molar-refractivity contribution in [3.05, 3.63) is 0 Å². The first kappa shape index (κ1) is 23.1. The van der Waals surface area contributed by atoms with Gasteiger partial charge in [0.05, 0.1) is 0 Å². The number of carbonyl (C=O) groups excluding carboxylic acids is 2. The lowest BCUT2D eigenvalue weighted by Crippen LogP contribution is -2.57. The summed E-state index contributed by atoms with van der Waals surface area (Å²) in [4.78, 5) is 37.5. The van der Waals surface area contributed by atoms with Gasteiger partial charge in [-0.3, -0.25) is 0 Å². The molecule has 1 aliphatic rings. The summed E-state index contributed by atoms with van der Waals surface area (Å²) in [6.07, 6.45) is 4.22. The van der Waals surface area contributed by atoms with E-state index < -0.39 is 34.8 Å². The normalized spacial score (nSPS) is 19.1. The molecule has 154 valence electrons. The summed E-state index contributed by atoms with van der Waals surface area (Å²) in [5.41, 5.74) is -3.19. The van der Waals surface area contributed by atoms with Crippen molar-refractivity contribution in [2.75, 3.05) is 0 Å². The van der Waals surface area contributed by atoms with Crippen LogP contribution in [0.1, 0.15) is 80.6 Å². The summed E-state index contributed by atoms with van der Waals surface area (Å²) in [6.45, 7) is 11.7. The zero-order chi connectivity index (χ0) is 21.0. The van der Waals surface area contributed by atoms with Gasteiger partial charge in [0, 0.05) is 12.8 Å². The molecule has 0 heterocycles. The smallest absolute Gasteiger partial charge is 0.476 e. The molecule has 0 saturated heterocycles. The first-order chi connectivity index (χ1) is 12.2. The van der Waals surface area contributed by atoms with E-state index in [9.17, 15) is 19.5 Å². The van der Waals surface area contributed by atoms with Gasteiger partial charge < -0.3 is 14.6 Å². The van der Waals surface area contributed by atoms with Gasteiger partial charge in [0.25, 0.3) is 11.8 Å². The third-order valence-electron chi connectivity index (χ3n) is 4.57. The Balaban J connectivity index is 3.41. The molecule has 0 bridgehead atoms. The number of carbonyl (C=O) groups is 3. The number of carboxylic acids is 1. The molecule has 7 heteroatoms. The minimum absolute atomic E-state index is 0.282. The number of aliphatic carboxylic acids is 1. The lowest BCUT2D eigenvalue weighted by Gasteiger charge is -2.32. The maximum Gasteiger partial charge on any atom is 0.598 e. The molecule has 0 radical (unpaired) electrons. The van der Waals surface area contributed by atoms with Gasteiger partial charge in [-0.25, -0.2) is 9.59 Å². The van der Waals surface area contributed by atoms with Gasteiger partial charge in [-0.15, -0.1) is 4.58 Å². The second-order valence-corrected chi connectivity index (χ2v) is 9.30. The van der Waals surface area contributed by atoms with Gasteiger partial charge in [0.1, 0.15) is 11.2 Å². The largest absolute Gasteiger partial charge is 0.598 e. The molecule has 0 aromatic carbocycles. The van der Waals surface area contributed by atoms with Crippen LogP contribution in [0.4, 0.5) is 4.79 Å². The van der Waals surface area contributed by atoms with Crippen molar-refractivity contribution < 1.29 is 33.5 Å². The number of rotatable bonds is 4. The molecule has 0 aliphatic heterocycles. The Morgan fingerprint density at radius 3 is 1.78 bits per heavy atom. The zero-order valence-corrected chi connectivity index (χ0v) is 17.6. The molecule has 1 rings (SSSR count). The molecule has 1 saturated carbocycles. The van der Waals surface area contributed by atoms with Crippen LogP contribution >= 0.6 is 0 Å². The molecule has 1 N–H and O–H groups in total. The van der Waals surface area contributed by atoms with Gasteiger partial charge in [0.2, 0.25) is 0 Å². The number of ether oxygens (including phenoxy) is 2. The number of hydrogen-bond donors (Lipinski definition) is 1. The summed E-state index contributed by atoms with van der Waals surface area (Å²) < 4.78 is 11.6. The average Bonchev–Trinajstić information content (AvgIpc) is 2.49. The zero-order valence-electron chi connectivity index (χ0n) is 17.6. The predicted octanol–water partition coefficient (Wildman–Crippen LogP) is 3.77. The van der Waals surface area contributed by atoms with Crippen molar-refractivity contribution in [1.29, 1.82) is 0 Å². The average molecular weight is 384 g/mol. The molecule has 0 aromatic rings. The van der Waals surface area contributed by atoms with Crippen LogP contribution in [-0.2, 0) is 19.1 Å². The van der Waals surface area contributed by atoms with E-state index in [0.717, 1.165) is 30.1 Å². The maximum absolute atomic E-state index is 12.9. The molecule has 1 amide bonds. The Morgan fingerprint density at radius 1 is 0.889 bits per heavy atom. The topological polar surface area (TPSA) is 92.9 Å². The molecule has 0 aromatic heterocycles. The van der Waals surface area contributed by atoms with Gasteiger partial charge >= 0.3 is 18.0 Å². The van der Waals surface area contributed by atoms with Crippen molar-refractivity contribution >= 4 is 24.2 Å². The molecule has 7 nitrogen and oxygen atoms in total. The fraction of sp³-hybridized carbons (Fsp3) is 0.800. The van der Waals surface area contributed by atoms with E-state index in [4.69, 9.17) is 9.47 Å². The summed E-state index contributed by atoms with van der Waals surface area (Å²) in [5.74, 6) is -2.23. The summed E-state index contributed by atoms with van der Waals surface area (Å²) in [7, 11) is 0. The fourth-order valence-corrected chi connectivity index (χ4v) is 3.26. The van der Waals surface area contributed by atoms with Crippen molar-refractivity contribution in [3.8, 4) is 0 Å². The van der Waals surface area contributed by atoms with E-state index in [2.05, 4.69) is 0 Å². The second-order valence-electron chi connectivity index (χ2n) is 9.30. The number of carboxylic acid groups (broad SMARTS) is 1. The van der Waals surface area contributed by atoms with Crippen molar-refractivity contribution in [3.63, 3.8) is 0 Å². The number of nitrogens with zero attached hydrogens (tertiary/aromatic N) is 1. The van der Waals surface area contributed by atoms with Crippen LogP contribution in [-0.4, -0.2) is 50.7 Å². The van der Waals surface area contributed by atoms with Crippen LogP contribution in [0.3, 0.4) is 0 Å². The lowest BCUT2D eigenvalue weighted by molar-refractivity contribution is -0.527. The minimum Gasteiger partial charge on any atom is -0.476 e. The summed E-state index contributed by atoms with van der Waals surface area (Å²) >= 11 is 0. The third-order valence-corrected chi connectivity index (χ3v) is 4.57. The molecule has 1 aliphatic carbocycles. The monoisotopic (exact) mass is 384 g/mol. The van der Waals surface area contributed by atoms with Gasteiger partial charge in [-0.05, 0) is 54.4 Å². The fourth-order valence-electron chi connectivity index (χ4n) is 3.26. The van der Waals surface area contributed by atoms with Crippen LogP contribution in [0.2, 0.25) is 0 Å². The SMILES string of the molecule is CC(C)(C)OC(=O)C=[N+](C(=O)OC(C)(C)C)[C@@](C)(C(=O)O)C1CCCCC1. The van der Waals surface area contributed by atoms with Crippen molar-refractivity contribution in [2.45, 2.75) is 97.3 Å². The minimum atomic E-state index is -1.60. The highest BCUT2D eigenvalue weighted by Gasteiger charge is 2.56. The Labute approximate surface area is 161 Å². The van der Waals surface area contributed by atoms with Gasteiger partial charge in [0.15, 0.2) is 0 Å². The molecule has 27 heavy (non-hydrogen) atoms. The molecule has 0 spiro atoms. The van der Waals surface area contributed by atoms with E-state index in [1.54, 1.807) is 41.5 Å². The van der Waals surface area contributed by atoms with Crippen molar-refractivity contribution in [2.24, 2.45) is 5.92 Å². The van der Waals surface area contributed by atoms with E-state index in [1.165, 1.54) is 6.92 Å². The Bertz CT molecular complexity index is 605. The van der Waals surface area contributed by atoms with Crippen LogP contribution in [0, 0.1) is 5.92 Å². The number of amides is 1. The van der Waals surface area contributed by atoms with Crippen LogP contribution in [0.5, 0.6) is 0 Å². The Morgan fingerprint density at radius 2 is 1.37 bits per heavy atom. The first-order valence-electron chi connectivity index (χ1n) is 9.50. The van der Waals surface area contributed by atoms with Crippen LogP contribution < -0.4 is 0 Å². The quantitative estimate of drug-likeness (QED) is 0.450. The molecular formula is C20H34NO6+. The van der Waals surface area contributed by atoms with Crippen LogP contribution in [0.15, 0.2) is 0 Å². The summed E-state index contributed by atoms with van der Waals surface area (Å²) in [5, 5.41) is 10.0. The summed E-state index contributed by atoms with van der Waals surface area (Å²) in [6, 6.07) is 0. The van der Waals surface area contributed by atoms with E-state index in [1.807, 2.05) is 0 Å². The van der Waals surface area contributed by atoms with E-state index in [-0.39, 0.29) is 5.92 Å². The predicted molar refractivity (Wildman–Crippen MR) is 101 cm³/mol. The third kappa shape index (κ3) is 6.63. The van der Waals surface area contributed by atoms with Crippen molar-refractivity contribution in [1.82, 2.24) is 0 Å². The Hall–Kier alpha value is -1.92. The second kappa shape index (κ2) is 8.40. The Kier molecular flexibility index (Phi) is 7.19. The lowest BCUT2D eigenvalue weighted by atomic mass is 9.75. The number of hydrogen-bond acceptors (Lipinski definition) is 5. The maximum atomic E-state index is 12.9. The van der Waals surface area contributed by atoms with Gasteiger partial charge in [-0.1, -0.05) is 19.3 Å². The highest BCUT2D eigenvalue weighted by Crippen LogP contribution is 2.35. The first-order valence-corrected chi connectivity index (χ1v) is 9.50. The van der Waals surface area contributed by atoms with Gasteiger partial charge in [-0.2, -0.15) is 4.79 Å². The molecule has 1 atom stereocenters. The highest BCUT2D eigenvalue weighted by molar-refractivity contribution is 6.22. The molecule has 0 unspecified atom stereocenters. The standard InChI is InChI=1S/C20H33NO6/c1-18(2,3)26-15(22)13-21(17(25)27-19(4,5)6)20(7,16(23)24)14-11-9-8-10-12-14/h13-14H,8-12H2,1-7H3/p+1/t20-/m1/s1. The molecular weight excluding hydrogens is 350 g/mol. The van der Waals surface area contributed by atoms with E-state index in [0.29, 0.717) is 12.8 Å². The van der Waals surface area contributed by atoms with E-state index >= 15 is 0 Å². The molecule has 1 fully saturated rings.